The van der Waals surface area contributed by atoms with E-state index in [0.717, 1.165) is 23.0 Å². The van der Waals surface area contributed by atoms with Gasteiger partial charge in [0.1, 0.15) is 5.82 Å². The maximum atomic E-state index is 13.7. The van der Waals surface area contributed by atoms with Crippen molar-refractivity contribution in [3.63, 3.8) is 0 Å². The predicted molar refractivity (Wildman–Crippen MR) is 76.7 cm³/mol. The molecule has 1 aromatic heterocycles. The summed E-state index contributed by atoms with van der Waals surface area (Å²) in [5, 5.41) is 4.59. The molecule has 106 valence electrons. The molecule has 0 N–H and O–H groups in total. The average Bonchev–Trinajstić information content (AvgIpc) is 2.61. The van der Waals surface area contributed by atoms with Crippen LogP contribution in [0.4, 0.5) is 4.39 Å². The van der Waals surface area contributed by atoms with Gasteiger partial charge < -0.3 is 0 Å². The van der Waals surface area contributed by atoms with Crippen LogP contribution in [0.5, 0.6) is 0 Å². The summed E-state index contributed by atoms with van der Waals surface area (Å²) in [6.07, 6.45) is 0.818. The molecular weight excluding hydrogens is 279 g/mol. The molecule has 3 nitrogen and oxygen atoms in total. The number of carbonyl (C=O) groups is 1. The maximum Gasteiger partial charge on any atom is 0.166 e. The molecule has 1 heterocycles. The molecule has 0 unspecified atom stereocenters. The van der Waals surface area contributed by atoms with E-state index >= 15 is 0 Å². The largest absolute Gasteiger partial charge is 0.294 e. The van der Waals surface area contributed by atoms with Gasteiger partial charge in [0.2, 0.25) is 0 Å². The van der Waals surface area contributed by atoms with Crippen molar-refractivity contribution in [2.75, 3.05) is 0 Å². The van der Waals surface area contributed by atoms with Gasteiger partial charge in [-0.15, -0.1) is 0 Å². The quantitative estimate of drug-likeness (QED) is 0.807. The Balaban J connectivity index is 2.12. The highest BCUT2D eigenvalue weighted by atomic mass is 35.5. The minimum absolute atomic E-state index is 0.0913. The van der Waals surface area contributed by atoms with Crippen LogP contribution in [0.15, 0.2) is 18.2 Å². The summed E-state index contributed by atoms with van der Waals surface area (Å²) >= 11 is 5.68. The van der Waals surface area contributed by atoms with Crippen molar-refractivity contribution < 1.29 is 9.18 Å². The van der Waals surface area contributed by atoms with Crippen LogP contribution in [0.2, 0.25) is 5.02 Å². The number of ketones is 1. The summed E-state index contributed by atoms with van der Waals surface area (Å²) in [5.41, 5.74) is 3.09. The molecule has 0 atom stereocenters. The summed E-state index contributed by atoms with van der Waals surface area (Å²) < 4.78 is 15.5. The first-order valence-corrected chi connectivity index (χ1v) is 6.75. The molecule has 0 saturated carbocycles. The number of rotatable bonds is 4. The Bertz CT molecular complexity index is 664. The highest BCUT2D eigenvalue weighted by Gasteiger charge is 2.15. The molecule has 1 aromatic carbocycles. The Morgan fingerprint density at radius 1 is 1.40 bits per heavy atom. The standard InChI is InChI=1S/C15H16ClFN2O/c1-9-12(10(2)19(3)18-9)6-7-15(20)13-5-4-11(16)8-14(13)17/h4-5,8H,6-7H2,1-3H3. The number of aromatic nitrogens is 2. The van der Waals surface area contributed by atoms with Gasteiger partial charge in [-0.05, 0) is 44.0 Å². The topological polar surface area (TPSA) is 34.9 Å². The van der Waals surface area contributed by atoms with E-state index in [2.05, 4.69) is 5.10 Å². The second-order valence-electron chi connectivity index (χ2n) is 4.82. The van der Waals surface area contributed by atoms with Crippen molar-refractivity contribution in [1.29, 1.82) is 0 Å². The summed E-state index contributed by atoms with van der Waals surface area (Å²) in [6.45, 7) is 3.87. The predicted octanol–water partition coefficient (Wildman–Crippen LogP) is 3.64. The molecule has 0 spiro atoms. The highest BCUT2D eigenvalue weighted by Crippen LogP contribution is 2.19. The van der Waals surface area contributed by atoms with Crippen molar-refractivity contribution >= 4 is 17.4 Å². The Labute approximate surface area is 122 Å². The molecule has 2 aromatic rings. The fraction of sp³-hybridized carbons (Fsp3) is 0.333. The summed E-state index contributed by atoms with van der Waals surface area (Å²) in [7, 11) is 1.87. The number of hydrogen-bond acceptors (Lipinski definition) is 2. The minimum Gasteiger partial charge on any atom is -0.294 e. The van der Waals surface area contributed by atoms with Crippen LogP contribution in [-0.4, -0.2) is 15.6 Å². The lowest BCUT2D eigenvalue weighted by Gasteiger charge is -2.04. The summed E-state index contributed by atoms with van der Waals surface area (Å²) in [6, 6.07) is 4.12. The van der Waals surface area contributed by atoms with E-state index in [9.17, 15) is 9.18 Å². The number of Topliss-reactive ketones (excluding diaryl/α,β-unsaturated/α-hetero) is 1. The van der Waals surface area contributed by atoms with Crippen molar-refractivity contribution in [2.45, 2.75) is 26.7 Å². The lowest BCUT2D eigenvalue weighted by Crippen LogP contribution is -2.05. The van der Waals surface area contributed by atoms with Crippen molar-refractivity contribution in [2.24, 2.45) is 7.05 Å². The Hall–Kier alpha value is -1.68. The molecule has 0 aliphatic rings. The Kier molecular flexibility index (Phi) is 4.23. The van der Waals surface area contributed by atoms with Crippen LogP contribution in [0.3, 0.4) is 0 Å². The molecule has 0 aliphatic heterocycles. The lowest BCUT2D eigenvalue weighted by molar-refractivity contribution is 0.0979. The molecule has 0 saturated heterocycles. The maximum absolute atomic E-state index is 13.7. The minimum atomic E-state index is -0.567. The van der Waals surface area contributed by atoms with Crippen LogP contribution in [0.25, 0.3) is 0 Å². The van der Waals surface area contributed by atoms with Gasteiger partial charge >= 0.3 is 0 Å². The molecule has 20 heavy (non-hydrogen) atoms. The smallest absolute Gasteiger partial charge is 0.166 e. The van der Waals surface area contributed by atoms with Crippen LogP contribution >= 0.6 is 11.6 Å². The number of carbonyl (C=O) groups excluding carboxylic acids is 1. The normalized spacial score (nSPS) is 10.8. The molecule has 0 fully saturated rings. The second-order valence-corrected chi connectivity index (χ2v) is 5.26. The third kappa shape index (κ3) is 2.90. The van der Waals surface area contributed by atoms with E-state index in [1.165, 1.54) is 12.1 Å². The van der Waals surface area contributed by atoms with Crippen LogP contribution in [0.1, 0.15) is 33.7 Å². The fourth-order valence-electron chi connectivity index (χ4n) is 2.27. The van der Waals surface area contributed by atoms with Gasteiger partial charge in [-0.2, -0.15) is 5.10 Å². The lowest BCUT2D eigenvalue weighted by atomic mass is 10.0. The molecular formula is C15H16ClFN2O. The second kappa shape index (κ2) is 5.75. The van der Waals surface area contributed by atoms with Gasteiger partial charge in [-0.1, -0.05) is 11.6 Å². The highest BCUT2D eigenvalue weighted by molar-refractivity contribution is 6.30. The zero-order valence-corrected chi connectivity index (χ0v) is 12.5. The number of halogens is 2. The van der Waals surface area contributed by atoms with Crippen LogP contribution in [0, 0.1) is 19.7 Å². The molecule has 2 rings (SSSR count). The van der Waals surface area contributed by atoms with Gasteiger partial charge in [0.15, 0.2) is 5.78 Å². The third-order valence-electron chi connectivity index (χ3n) is 3.49. The van der Waals surface area contributed by atoms with Gasteiger partial charge in [0.05, 0.1) is 11.3 Å². The van der Waals surface area contributed by atoms with E-state index < -0.39 is 5.82 Å². The van der Waals surface area contributed by atoms with E-state index in [1.807, 2.05) is 20.9 Å². The summed E-state index contributed by atoms with van der Waals surface area (Å²) in [5.74, 6) is -0.788. The average molecular weight is 295 g/mol. The molecule has 0 radical (unpaired) electrons. The number of hydrogen-bond donors (Lipinski definition) is 0. The monoisotopic (exact) mass is 294 g/mol. The van der Waals surface area contributed by atoms with E-state index in [0.29, 0.717) is 6.42 Å². The van der Waals surface area contributed by atoms with Crippen LogP contribution < -0.4 is 0 Å². The van der Waals surface area contributed by atoms with Gasteiger partial charge in [-0.25, -0.2) is 4.39 Å². The van der Waals surface area contributed by atoms with Crippen molar-refractivity contribution in [3.05, 3.63) is 51.6 Å². The zero-order chi connectivity index (χ0) is 14.9. The molecule has 0 amide bonds. The SMILES string of the molecule is Cc1nn(C)c(C)c1CCC(=O)c1ccc(Cl)cc1F. The Morgan fingerprint density at radius 3 is 2.65 bits per heavy atom. The van der Waals surface area contributed by atoms with E-state index in [1.54, 1.807) is 4.68 Å². The summed E-state index contributed by atoms with van der Waals surface area (Å²) in [4.78, 5) is 12.1. The fourth-order valence-corrected chi connectivity index (χ4v) is 2.43. The first-order valence-electron chi connectivity index (χ1n) is 6.37. The van der Waals surface area contributed by atoms with E-state index in [-0.39, 0.29) is 22.8 Å². The van der Waals surface area contributed by atoms with Gasteiger partial charge in [0.25, 0.3) is 0 Å². The third-order valence-corrected chi connectivity index (χ3v) is 3.73. The number of aryl methyl sites for hydroxylation is 2. The molecule has 5 heteroatoms. The van der Waals surface area contributed by atoms with Gasteiger partial charge in [-0.3, -0.25) is 9.48 Å². The van der Waals surface area contributed by atoms with Crippen molar-refractivity contribution in [1.82, 2.24) is 9.78 Å². The molecule has 0 bridgehead atoms. The van der Waals surface area contributed by atoms with Crippen LogP contribution in [-0.2, 0) is 13.5 Å². The Morgan fingerprint density at radius 2 is 2.10 bits per heavy atom. The van der Waals surface area contributed by atoms with Crippen molar-refractivity contribution in [3.8, 4) is 0 Å². The van der Waals surface area contributed by atoms with Gasteiger partial charge in [0, 0.05) is 24.2 Å². The molecule has 0 aliphatic carbocycles. The first kappa shape index (κ1) is 14.7. The number of nitrogens with zero attached hydrogens (tertiary/aromatic N) is 2. The number of benzene rings is 1. The zero-order valence-electron chi connectivity index (χ0n) is 11.7. The van der Waals surface area contributed by atoms with E-state index in [4.69, 9.17) is 11.6 Å². The first-order chi connectivity index (χ1) is 9.40.